The van der Waals surface area contributed by atoms with Crippen LogP contribution in [0, 0.1) is 13.8 Å². The topological polar surface area (TPSA) is 63.1 Å². The minimum Gasteiger partial charge on any atom is -0.378 e. The van der Waals surface area contributed by atoms with Crippen molar-refractivity contribution in [1.29, 1.82) is 0 Å². The number of rotatable bonds is 6. The van der Waals surface area contributed by atoms with Gasteiger partial charge in [0.1, 0.15) is 0 Å². The molecule has 0 unspecified atom stereocenters. The van der Waals surface area contributed by atoms with Crippen molar-refractivity contribution in [3.05, 3.63) is 47.3 Å². The van der Waals surface area contributed by atoms with Crippen LogP contribution in [0.4, 0.5) is 11.4 Å². The van der Waals surface area contributed by atoms with Crippen LogP contribution in [-0.4, -0.2) is 22.8 Å². The maximum Gasteiger partial charge on any atom is 0.221 e. The molecule has 138 valence electrons. The van der Waals surface area contributed by atoms with Crippen LogP contribution in [0.5, 0.6) is 0 Å². The Kier molecular flexibility index (Phi) is 5.45. The number of Topliss-reactive ketones (excluding diaryl/α,β-unsaturated/α-hetero) is 1. The van der Waals surface area contributed by atoms with Crippen LogP contribution in [0.1, 0.15) is 60.4 Å². The molecular formula is C21H27N3O2. The minimum absolute atomic E-state index is 0.0901. The molecule has 0 saturated heterocycles. The van der Waals surface area contributed by atoms with Crippen molar-refractivity contribution in [3.8, 4) is 0 Å². The quantitative estimate of drug-likeness (QED) is 0.753. The van der Waals surface area contributed by atoms with E-state index in [1.165, 1.54) is 38.3 Å². The Morgan fingerprint density at radius 3 is 2.50 bits per heavy atom. The summed E-state index contributed by atoms with van der Waals surface area (Å²) in [6.07, 6.45) is 4.96. The predicted octanol–water partition coefficient (Wildman–Crippen LogP) is 4.47. The minimum atomic E-state index is -0.113. The Hall–Kier alpha value is -2.56. The monoisotopic (exact) mass is 353 g/mol. The highest BCUT2D eigenvalue weighted by Gasteiger charge is 2.23. The fourth-order valence-electron chi connectivity index (χ4n) is 3.97. The third-order valence-corrected chi connectivity index (χ3v) is 5.11. The van der Waals surface area contributed by atoms with Crippen LogP contribution in [0.15, 0.2) is 30.3 Å². The number of aromatic nitrogens is 1. The molecule has 1 aliphatic carbocycles. The lowest BCUT2D eigenvalue weighted by molar-refractivity contribution is -0.114. The van der Waals surface area contributed by atoms with Crippen LogP contribution in [0.25, 0.3) is 0 Å². The Labute approximate surface area is 154 Å². The highest BCUT2D eigenvalue weighted by Crippen LogP contribution is 2.33. The van der Waals surface area contributed by atoms with Gasteiger partial charge in [-0.25, -0.2) is 0 Å². The van der Waals surface area contributed by atoms with E-state index in [4.69, 9.17) is 0 Å². The molecule has 3 rings (SSSR count). The Balaban J connectivity index is 1.69. The van der Waals surface area contributed by atoms with Gasteiger partial charge in [0.15, 0.2) is 5.78 Å². The van der Waals surface area contributed by atoms with Crippen LogP contribution in [0.3, 0.4) is 0 Å². The third-order valence-electron chi connectivity index (χ3n) is 5.11. The molecule has 0 spiro atoms. The first-order valence-electron chi connectivity index (χ1n) is 9.29. The van der Waals surface area contributed by atoms with E-state index in [-0.39, 0.29) is 18.2 Å². The number of nitrogens with zero attached hydrogens (tertiary/aromatic N) is 1. The molecule has 1 heterocycles. The molecule has 1 aromatic carbocycles. The maximum absolute atomic E-state index is 12.7. The fraction of sp³-hybridized carbons (Fsp3) is 0.429. The summed E-state index contributed by atoms with van der Waals surface area (Å²) in [5.41, 5.74) is 4.59. The van der Waals surface area contributed by atoms with Gasteiger partial charge < -0.3 is 15.2 Å². The number of hydrogen-bond acceptors (Lipinski definition) is 3. The number of aryl methyl sites for hydroxylation is 1. The van der Waals surface area contributed by atoms with Crippen molar-refractivity contribution in [1.82, 2.24) is 4.57 Å². The van der Waals surface area contributed by atoms with E-state index < -0.39 is 0 Å². The Bertz CT molecular complexity index is 817. The molecule has 0 atom stereocenters. The predicted molar refractivity (Wildman–Crippen MR) is 105 cm³/mol. The molecule has 2 N–H and O–H groups in total. The van der Waals surface area contributed by atoms with E-state index in [9.17, 15) is 9.59 Å². The van der Waals surface area contributed by atoms with Gasteiger partial charge in [-0.15, -0.1) is 0 Å². The largest absolute Gasteiger partial charge is 0.378 e. The molecule has 5 nitrogen and oxygen atoms in total. The van der Waals surface area contributed by atoms with Crippen LogP contribution >= 0.6 is 0 Å². The molecule has 0 bridgehead atoms. The Morgan fingerprint density at radius 1 is 1.12 bits per heavy atom. The zero-order valence-corrected chi connectivity index (χ0v) is 15.8. The second-order valence-corrected chi connectivity index (χ2v) is 7.13. The molecule has 1 aromatic heterocycles. The maximum atomic E-state index is 12.7. The number of ketones is 1. The van der Waals surface area contributed by atoms with E-state index in [2.05, 4.69) is 29.0 Å². The first-order chi connectivity index (χ1) is 12.5. The van der Waals surface area contributed by atoms with E-state index in [0.717, 1.165) is 22.6 Å². The van der Waals surface area contributed by atoms with Gasteiger partial charge in [0, 0.05) is 41.3 Å². The molecule has 1 aliphatic rings. The van der Waals surface area contributed by atoms with E-state index in [0.29, 0.717) is 6.04 Å². The first kappa shape index (κ1) is 18.2. The molecule has 1 amide bonds. The lowest BCUT2D eigenvalue weighted by atomic mass is 10.1. The Morgan fingerprint density at radius 2 is 1.81 bits per heavy atom. The molecular weight excluding hydrogens is 326 g/mol. The zero-order valence-electron chi connectivity index (χ0n) is 15.8. The first-order valence-corrected chi connectivity index (χ1v) is 9.29. The molecule has 0 aliphatic heterocycles. The van der Waals surface area contributed by atoms with Gasteiger partial charge in [0.25, 0.3) is 0 Å². The molecule has 1 saturated carbocycles. The number of carbonyl (C=O) groups excluding carboxylic acids is 2. The highest BCUT2D eigenvalue weighted by molar-refractivity contribution is 6.00. The van der Waals surface area contributed by atoms with Gasteiger partial charge in [-0.05, 0) is 51.0 Å². The van der Waals surface area contributed by atoms with E-state index >= 15 is 0 Å². The summed E-state index contributed by atoms with van der Waals surface area (Å²) in [6.45, 7) is 5.85. The van der Waals surface area contributed by atoms with Crippen molar-refractivity contribution >= 4 is 23.1 Å². The van der Waals surface area contributed by atoms with Crippen LogP contribution < -0.4 is 10.6 Å². The fourth-order valence-corrected chi connectivity index (χ4v) is 3.97. The lowest BCUT2D eigenvalue weighted by Crippen LogP contribution is -2.16. The zero-order chi connectivity index (χ0) is 18.7. The second kappa shape index (κ2) is 7.77. The number of anilines is 2. The summed E-state index contributed by atoms with van der Waals surface area (Å²) in [5, 5.41) is 5.92. The van der Waals surface area contributed by atoms with E-state index in [1.54, 1.807) is 0 Å². The van der Waals surface area contributed by atoms with Crippen molar-refractivity contribution in [2.75, 3.05) is 17.2 Å². The van der Waals surface area contributed by atoms with Crippen molar-refractivity contribution in [2.45, 2.75) is 52.5 Å². The molecule has 2 aromatic rings. The van der Waals surface area contributed by atoms with Crippen molar-refractivity contribution in [2.24, 2.45) is 0 Å². The van der Waals surface area contributed by atoms with Gasteiger partial charge in [-0.2, -0.15) is 0 Å². The van der Waals surface area contributed by atoms with E-state index in [1.807, 2.05) is 30.3 Å². The number of amides is 1. The second-order valence-electron chi connectivity index (χ2n) is 7.13. The smallest absolute Gasteiger partial charge is 0.221 e. The van der Waals surface area contributed by atoms with Gasteiger partial charge in [-0.3, -0.25) is 9.59 Å². The van der Waals surface area contributed by atoms with Gasteiger partial charge in [-0.1, -0.05) is 18.9 Å². The molecule has 0 radical (unpaired) electrons. The summed E-state index contributed by atoms with van der Waals surface area (Å²) in [7, 11) is 0. The summed E-state index contributed by atoms with van der Waals surface area (Å²) < 4.78 is 2.34. The van der Waals surface area contributed by atoms with Crippen LogP contribution in [0.2, 0.25) is 0 Å². The number of nitrogens with one attached hydrogen (secondary N) is 2. The van der Waals surface area contributed by atoms with Crippen molar-refractivity contribution in [3.63, 3.8) is 0 Å². The normalized spacial score (nSPS) is 14.4. The summed E-state index contributed by atoms with van der Waals surface area (Å²) in [5.74, 6) is -0.0233. The SMILES string of the molecule is CC(=O)Nc1cccc(NCC(=O)c2cc(C)n(C3CCCC3)c2C)c1. The van der Waals surface area contributed by atoms with Gasteiger partial charge >= 0.3 is 0 Å². The third kappa shape index (κ3) is 3.98. The lowest BCUT2D eigenvalue weighted by Gasteiger charge is -2.17. The van der Waals surface area contributed by atoms with Crippen LogP contribution in [-0.2, 0) is 4.79 Å². The van der Waals surface area contributed by atoms with Crippen molar-refractivity contribution < 1.29 is 9.59 Å². The summed E-state index contributed by atoms with van der Waals surface area (Å²) in [4.78, 5) is 23.9. The molecule has 1 fully saturated rings. The number of hydrogen-bond donors (Lipinski definition) is 2. The van der Waals surface area contributed by atoms with Gasteiger partial charge in [0.2, 0.25) is 5.91 Å². The average molecular weight is 353 g/mol. The summed E-state index contributed by atoms with van der Waals surface area (Å²) >= 11 is 0. The highest BCUT2D eigenvalue weighted by atomic mass is 16.1. The standard InChI is InChI=1S/C21H27N3O2/c1-14-11-20(15(2)24(14)19-9-4-5-10-19)21(26)13-22-17-7-6-8-18(12-17)23-16(3)25/h6-8,11-12,19,22H,4-5,9-10,13H2,1-3H3,(H,23,25). The number of benzene rings is 1. The molecule has 26 heavy (non-hydrogen) atoms. The van der Waals surface area contributed by atoms with Gasteiger partial charge in [0.05, 0.1) is 6.54 Å². The average Bonchev–Trinajstić information content (AvgIpc) is 3.20. The number of carbonyl (C=O) groups is 2. The molecule has 5 heteroatoms. The summed E-state index contributed by atoms with van der Waals surface area (Å²) in [6, 6.07) is 9.95.